The Labute approximate surface area is 171 Å². The summed E-state index contributed by atoms with van der Waals surface area (Å²) in [5.41, 5.74) is 2.40. The van der Waals surface area contributed by atoms with Crippen molar-refractivity contribution in [2.45, 2.75) is 25.5 Å². The molecule has 29 heavy (non-hydrogen) atoms. The highest BCUT2D eigenvalue weighted by atomic mass is 16.6. The van der Waals surface area contributed by atoms with Gasteiger partial charge < -0.3 is 19.3 Å². The third-order valence-corrected chi connectivity index (χ3v) is 5.61. The summed E-state index contributed by atoms with van der Waals surface area (Å²) in [5.74, 6) is -0.636. The van der Waals surface area contributed by atoms with Crippen LogP contribution >= 0.6 is 0 Å². The number of carbonyl (C=O) groups excluding carboxylic acids is 2. The number of nitrogens with zero attached hydrogens (tertiary/aromatic N) is 2. The van der Waals surface area contributed by atoms with Gasteiger partial charge in [0.1, 0.15) is 0 Å². The average Bonchev–Trinajstić information content (AvgIpc) is 2.74. The van der Waals surface area contributed by atoms with Gasteiger partial charge in [0.2, 0.25) is 0 Å². The minimum absolute atomic E-state index is 0.197. The Morgan fingerprint density at radius 1 is 1.10 bits per heavy atom. The van der Waals surface area contributed by atoms with E-state index in [0.717, 1.165) is 43.1 Å². The highest BCUT2D eigenvalue weighted by molar-refractivity contribution is 5.97. The molecule has 0 bridgehead atoms. The zero-order chi connectivity index (χ0) is 20.4. The highest BCUT2D eigenvalue weighted by Gasteiger charge is 2.44. The fraction of sp³-hybridized carbons (Fsp3) is 0.391. The van der Waals surface area contributed by atoms with Crippen LogP contribution in [0.3, 0.4) is 0 Å². The maximum Gasteiger partial charge on any atom is 0.339 e. The summed E-state index contributed by atoms with van der Waals surface area (Å²) >= 11 is 0. The lowest BCUT2D eigenvalue weighted by Gasteiger charge is -2.36. The van der Waals surface area contributed by atoms with E-state index in [1.165, 1.54) is 0 Å². The number of hydrogen-bond donors (Lipinski definition) is 0. The van der Waals surface area contributed by atoms with Gasteiger partial charge in [0.15, 0.2) is 5.60 Å². The van der Waals surface area contributed by atoms with Crippen molar-refractivity contribution in [3.8, 4) is 0 Å². The Bertz CT molecular complexity index is 905. The van der Waals surface area contributed by atoms with Crippen molar-refractivity contribution in [1.29, 1.82) is 0 Å². The van der Waals surface area contributed by atoms with Gasteiger partial charge in [-0.05, 0) is 36.2 Å². The van der Waals surface area contributed by atoms with E-state index in [0.29, 0.717) is 18.5 Å². The Kier molecular flexibility index (Phi) is 5.28. The van der Waals surface area contributed by atoms with E-state index < -0.39 is 11.6 Å². The molecule has 0 saturated carbocycles. The highest BCUT2D eigenvalue weighted by Crippen LogP contribution is 2.30. The van der Waals surface area contributed by atoms with Crippen molar-refractivity contribution in [2.75, 3.05) is 38.3 Å². The first-order chi connectivity index (χ1) is 14.0. The molecule has 2 heterocycles. The second-order valence-corrected chi connectivity index (χ2v) is 7.88. The number of rotatable bonds is 4. The van der Waals surface area contributed by atoms with Crippen molar-refractivity contribution < 1.29 is 19.1 Å². The number of amides is 1. The van der Waals surface area contributed by atoms with Gasteiger partial charge in [-0.25, -0.2) is 4.79 Å². The number of fused-ring (bicyclic) bond motifs is 1. The summed E-state index contributed by atoms with van der Waals surface area (Å²) in [5, 5.41) is 0. The monoisotopic (exact) mass is 394 g/mol. The molecule has 152 valence electrons. The zero-order valence-electron chi connectivity index (χ0n) is 16.9. The Hall–Kier alpha value is -2.86. The molecule has 2 aromatic carbocycles. The van der Waals surface area contributed by atoms with Crippen molar-refractivity contribution in [3.05, 3.63) is 65.2 Å². The van der Waals surface area contributed by atoms with Gasteiger partial charge in [0.25, 0.3) is 5.91 Å². The number of benzene rings is 2. The van der Waals surface area contributed by atoms with E-state index in [1.54, 1.807) is 31.0 Å². The largest absolute Gasteiger partial charge is 0.445 e. The molecule has 2 aliphatic rings. The Balaban J connectivity index is 1.43. The summed E-state index contributed by atoms with van der Waals surface area (Å²) in [6.45, 7) is 5.43. The minimum Gasteiger partial charge on any atom is -0.445 e. The number of likely N-dealkylation sites (N-methyl/N-ethyl adjacent to an activating group) is 1. The molecule has 6 heteroatoms. The predicted octanol–water partition coefficient (Wildman–Crippen LogP) is 2.65. The third kappa shape index (κ3) is 3.98. The molecular formula is C23H26N2O4. The second kappa shape index (κ2) is 7.87. The normalized spacial score (nSPS) is 21.3. The SMILES string of the molecule is CN(Cc1ccc(N2CCOCC2)cc1)C(=O)C1(C)Cc2ccccc2C(=O)O1. The van der Waals surface area contributed by atoms with Crippen LogP contribution in [0.4, 0.5) is 5.69 Å². The van der Waals surface area contributed by atoms with Crippen LogP contribution in [0.1, 0.15) is 28.4 Å². The summed E-state index contributed by atoms with van der Waals surface area (Å²) in [7, 11) is 1.75. The van der Waals surface area contributed by atoms with Gasteiger partial charge in [0, 0.05) is 38.8 Å². The molecule has 2 aromatic rings. The van der Waals surface area contributed by atoms with Crippen LogP contribution in [0, 0.1) is 0 Å². The number of morpholine rings is 1. The van der Waals surface area contributed by atoms with Gasteiger partial charge in [-0.15, -0.1) is 0 Å². The topological polar surface area (TPSA) is 59.1 Å². The smallest absolute Gasteiger partial charge is 0.339 e. The van der Waals surface area contributed by atoms with Crippen molar-refractivity contribution in [1.82, 2.24) is 4.90 Å². The lowest BCUT2D eigenvalue weighted by atomic mass is 9.89. The van der Waals surface area contributed by atoms with Crippen LogP contribution < -0.4 is 4.90 Å². The van der Waals surface area contributed by atoms with E-state index in [1.807, 2.05) is 24.3 Å². The molecule has 0 N–H and O–H groups in total. The van der Waals surface area contributed by atoms with Gasteiger partial charge in [-0.3, -0.25) is 4.79 Å². The number of carbonyl (C=O) groups is 2. The van der Waals surface area contributed by atoms with Crippen molar-refractivity contribution in [2.24, 2.45) is 0 Å². The molecule has 0 spiro atoms. The zero-order valence-corrected chi connectivity index (χ0v) is 16.9. The van der Waals surface area contributed by atoms with Crippen LogP contribution in [-0.2, 0) is 27.2 Å². The molecule has 1 fully saturated rings. The number of esters is 1. The van der Waals surface area contributed by atoms with Crippen LogP contribution in [0.15, 0.2) is 48.5 Å². The van der Waals surface area contributed by atoms with Gasteiger partial charge in [-0.2, -0.15) is 0 Å². The molecule has 0 aliphatic carbocycles. The standard InChI is InChI=1S/C23H26N2O4/c1-23(15-18-5-3-4-6-20(18)21(26)29-23)22(27)24(2)16-17-7-9-19(10-8-17)25-11-13-28-14-12-25/h3-10H,11-16H2,1-2H3. The molecule has 0 aromatic heterocycles. The quantitative estimate of drug-likeness (QED) is 0.747. The molecule has 6 nitrogen and oxygen atoms in total. The number of cyclic esters (lactones) is 1. The van der Waals surface area contributed by atoms with E-state index in [-0.39, 0.29) is 5.91 Å². The van der Waals surface area contributed by atoms with E-state index >= 15 is 0 Å². The Morgan fingerprint density at radius 3 is 2.52 bits per heavy atom. The molecule has 0 radical (unpaired) electrons. The maximum absolute atomic E-state index is 13.1. The average molecular weight is 394 g/mol. The lowest BCUT2D eigenvalue weighted by Crippen LogP contribution is -2.51. The van der Waals surface area contributed by atoms with Gasteiger partial charge in [-0.1, -0.05) is 30.3 Å². The van der Waals surface area contributed by atoms with Gasteiger partial charge >= 0.3 is 5.97 Å². The number of anilines is 1. The summed E-state index contributed by atoms with van der Waals surface area (Å²) in [6, 6.07) is 15.5. The summed E-state index contributed by atoms with van der Waals surface area (Å²) in [6.07, 6.45) is 0.383. The lowest BCUT2D eigenvalue weighted by molar-refractivity contribution is -0.150. The molecule has 1 atom stereocenters. The second-order valence-electron chi connectivity index (χ2n) is 7.88. The van der Waals surface area contributed by atoms with Crippen LogP contribution in [0.2, 0.25) is 0 Å². The number of ether oxygens (including phenoxy) is 2. The predicted molar refractivity (Wildman–Crippen MR) is 110 cm³/mol. The first kappa shape index (κ1) is 19.5. The summed E-state index contributed by atoms with van der Waals surface area (Å²) < 4.78 is 11.0. The molecule has 1 unspecified atom stereocenters. The molecule has 1 amide bonds. The summed E-state index contributed by atoms with van der Waals surface area (Å²) in [4.78, 5) is 29.4. The first-order valence-corrected chi connectivity index (χ1v) is 9.95. The Morgan fingerprint density at radius 2 is 1.79 bits per heavy atom. The van der Waals surface area contributed by atoms with Crippen LogP contribution in [0.5, 0.6) is 0 Å². The molecule has 2 aliphatic heterocycles. The first-order valence-electron chi connectivity index (χ1n) is 9.95. The minimum atomic E-state index is -1.19. The fourth-order valence-electron chi connectivity index (χ4n) is 4.04. The van der Waals surface area contributed by atoms with Crippen LogP contribution in [-0.4, -0.2) is 55.7 Å². The fourth-order valence-corrected chi connectivity index (χ4v) is 4.04. The number of hydrogen-bond acceptors (Lipinski definition) is 5. The van der Waals surface area contributed by atoms with Crippen LogP contribution in [0.25, 0.3) is 0 Å². The molecule has 1 saturated heterocycles. The van der Waals surface area contributed by atoms with E-state index in [2.05, 4.69) is 17.0 Å². The third-order valence-electron chi connectivity index (χ3n) is 5.61. The molecule has 4 rings (SSSR count). The van der Waals surface area contributed by atoms with E-state index in [9.17, 15) is 9.59 Å². The molecular weight excluding hydrogens is 368 g/mol. The maximum atomic E-state index is 13.1. The van der Waals surface area contributed by atoms with Gasteiger partial charge in [0.05, 0.1) is 18.8 Å². The van der Waals surface area contributed by atoms with Crippen molar-refractivity contribution in [3.63, 3.8) is 0 Å². The van der Waals surface area contributed by atoms with Crippen molar-refractivity contribution >= 4 is 17.6 Å². The van der Waals surface area contributed by atoms with E-state index in [4.69, 9.17) is 9.47 Å².